The molecule has 0 radical (unpaired) electrons. The van der Waals surface area contributed by atoms with Gasteiger partial charge in [0.05, 0.1) is 10.2 Å². The summed E-state index contributed by atoms with van der Waals surface area (Å²) in [6, 6.07) is 12.0. The van der Waals surface area contributed by atoms with Gasteiger partial charge in [-0.25, -0.2) is 9.78 Å². The lowest BCUT2D eigenvalue weighted by Gasteiger charge is -2.31. The third kappa shape index (κ3) is 5.11. The van der Waals surface area contributed by atoms with E-state index in [9.17, 15) is 13.2 Å². The summed E-state index contributed by atoms with van der Waals surface area (Å²) in [5.74, 6) is -0.543. The molecular weight excluding hydrogens is 503 g/mol. The van der Waals surface area contributed by atoms with Crippen LogP contribution in [0.2, 0.25) is 0 Å². The largest absolute Gasteiger partial charge is 0.490 e. The number of carboxylic acids is 1. The van der Waals surface area contributed by atoms with Crippen LogP contribution in [0.3, 0.4) is 0 Å². The SMILES string of the molecule is CC(c1ccccc1)N1CCC2CN(c3nc(N)nc4c5c(sc34)CCCC5)CC21.O=C(O)C(F)(F)F. The van der Waals surface area contributed by atoms with E-state index in [2.05, 4.69) is 52.0 Å². The van der Waals surface area contributed by atoms with Gasteiger partial charge in [-0.15, -0.1) is 11.3 Å². The first-order valence-corrected chi connectivity index (χ1v) is 13.4. The van der Waals surface area contributed by atoms with Gasteiger partial charge < -0.3 is 15.7 Å². The van der Waals surface area contributed by atoms with Crippen molar-refractivity contribution in [1.29, 1.82) is 0 Å². The number of aryl methyl sites for hydroxylation is 2. The Hall–Kier alpha value is -2.92. The minimum Gasteiger partial charge on any atom is -0.475 e. The van der Waals surface area contributed by atoms with E-state index >= 15 is 0 Å². The predicted molar refractivity (Wildman–Crippen MR) is 138 cm³/mol. The summed E-state index contributed by atoms with van der Waals surface area (Å²) < 4.78 is 33.0. The number of thiophene rings is 1. The number of hydrogen-bond donors (Lipinski definition) is 2. The number of fused-ring (bicyclic) bond motifs is 4. The highest BCUT2D eigenvalue weighted by molar-refractivity contribution is 7.19. The lowest BCUT2D eigenvalue weighted by atomic mass is 9.98. The second-order valence-corrected chi connectivity index (χ2v) is 11.0. The summed E-state index contributed by atoms with van der Waals surface area (Å²) in [5.41, 5.74) is 10.2. The van der Waals surface area contributed by atoms with Gasteiger partial charge in [0.2, 0.25) is 5.95 Å². The molecule has 0 amide bonds. The molecule has 2 aromatic heterocycles. The molecule has 2 aliphatic heterocycles. The minimum absolute atomic E-state index is 0.426. The number of carbonyl (C=O) groups is 1. The highest BCUT2D eigenvalue weighted by atomic mass is 32.1. The van der Waals surface area contributed by atoms with E-state index in [4.69, 9.17) is 20.6 Å². The Bertz CT molecular complexity index is 1280. The average Bonchev–Trinajstić information content (AvgIpc) is 3.56. The van der Waals surface area contributed by atoms with E-state index in [-0.39, 0.29) is 0 Å². The second kappa shape index (κ2) is 10.1. The number of alkyl halides is 3. The highest BCUT2D eigenvalue weighted by Gasteiger charge is 2.44. The topological polar surface area (TPSA) is 95.6 Å². The second-order valence-electron chi connectivity index (χ2n) is 9.94. The van der Waals surface area contributed by atoms with Crippen molar-refractivity contribution in [3.63, 3.8) is 0 Å². The first kappa shape index (κ1) is 25.7. The first-order valence-electron chi connectivity index (χ1n) is 12.6. The number of nitrogens with two attached hydrogens (primary N) is 1. The van der Waals surface area contributed by atoms with E-state index in [1.54, 1.807) is 0 Å². The number of nitrogens with zero attached hydrogens (tertiary/aromatic N) is 4. The Morgan fingerprint density at radius 1 is 1.16 bits per heavy atom. The molecule has 3 aromatic rings. The zero-order valence-electron chi connectivity index (χ0n) is 20.5. The summed E-state index contributed by atoms with van der Waals surface area (Å²) in [6.45, 7) is 5.66. The standard InChI is InChI=1S/C24H29N5S.C2HF3O2/c1-15(16-7-3-2-4-8-16)29-12-11-17-13-28(14-19(17)29)23-22-21(26-24(25)27-23)18-9-5-6-10-20(18)30-22;3-2(4,5)1(6)7/h2-4,7-8,15,17,19H,5-6,9-14H2,1H3,(H2,25,26,27);(H,6,7). The van der Waals surface area contributed by atoms with Gasteiger partial charge in [-0.2, -0.15) is 18.2 Å². The van der Waals surface area contributed by atoms with Crippen LogP contribution in [0.25, 0.3) is 10.2 Å². The van der Waals surface area contributed by atoms with Crippen molar-refractivity contribution in [2.75, 3.05) is 30.3 Å². The number of rotatable bonds is 3. The molecule has 3 unspecified atom stereocenters. The molecule has 0 bridgehead atoms. The molecule has 3 N–H and O–H groups in total. The molecular formula is C26H30F3N5O2S. The number of likely N-dealkylation sites (tertiary alicyclic amines) is 1. The molecule has 7 nitrogen and oxygen atoms in total. The van der Waals surface area contributed by atoms with Crippen molar-refractivity contribution in [2.24, 2.45) is 5.92 Å². The van der Waals surface area contributed by atoms with Crippen molar-refractivity contribution < 1.29 is 23.1 Å². The molecule has 4 heterocycles. The molecule has 0 spiro atoms. The molecule has 6 rings (SSSR count). The zero-order chi connectivity index (χ0) is 26.3. The van der Waals surface area contributed by atoms with Crippen LogP contribution < -0.4 is 10.6 Å². The lowest BCUT2D eigenvalue weighted by molar-refractivity contribution is -0.192. The van der Waals surface area contributed by atoms with Gasteiger partial charge in [-0.1, -0.05) is 30.3 Å². The quantitative estimate of drug-likeness (QED) is 0.486. The van der Waals surface area contributed by atoms with Crippen LogP contribution in [-0.4, -0.2) is 57.8 Å². The molecule has 198 valence electrons. The number of halogens is 3. The number of anilines is 2. The molecule has 0 saturated carbocycles. The minimum atomic E-state index is -5.08. The van der Waals surface area contributed by atoms with Crippen LogP contribution >= 0.6 is 11.3 Å². The highest BCUT2D eigenvalue weighted by Crippen LogP contribution is 2.43. The van der Waals surface area contributed by atoms with Crippen LogP contribution in [0.5, 0.6) is 0 Å². The van der Waals surface area contributed by atoms with Crippen molar-refractivity contribution in [2.45, 2.75) is 57.3 Å². The maximum absolute atomic E-state index is 10.6. The molecule has 2 saturated heterocycles. The third-order valence-electron chi connectivity index (χ3n) is 7.71. The van der Waals surface area contributed by atoms with Crippen LogP contribution in [0, 0.1) is 5.92 Å². The Labute approximate surface area is 217 Å². The van der Waals surface area contributed by atoms with Crippen molar-refractivity contribution in [1.82, 2.24) is 14.9 Å². The van der Waals surface area contributed by atoms with Gasteiger partial charge in [0.15, 0.2) is 5.82 Å². The summed E-state index contributed by atoms with van der Waals surface area (Å²) in [7, 11) is 0. The maximum atomic E-state index is 10.6. The maximum Gasteiger partial charge on any atom is 0.490 e. The molecule has 1 aliphatic carbocycles. The molecule has 3 aliphatic rings. The smallest absolute Gasteiger partial charge is 0.475 e. The Morgan fingerprint density at radius 2 is 1.86 bits per heavy atom. The Balaban J connectivity index is 0.000000355. The summed E-state index contributed by atoms with van der Waals surface area (Å²) >= 11 is 1.92. The fourth-order valence-electron chi connectivity index (χ4n) is 5.90. The summed E-state index contributed by atoms with van der Waals surface area (Å²) in [5, 5.41) is 7.12. The molecule has 1 aromatic carbocycles. The van der Waals surface area contributed by atoms with E-state index in [0.717, 1.165) is 30.8 Å². The zero-order valence-corrected chi connectivity index (χ0v) is 21.4. The first-order chi connectivity index (χ1) is 17.6. The molecule has 3 atom stereocenters. The van der Waals surface area contributed by atoms with Gasteiger partial charge in [0, 0.05) is 30.1 Å². The van der Waals surface area contributed by atoms with E-state index in [1.165, 1.54) is 52.9 Å². The lowest BCUT2D eigenvalue weighted by Crippen LogP contribution is -2.37. The number of aliphatic carboxylic acids is 1. The van der Waals surface area contributed by atoms with Gasteiger partial charge in [0.25, 0.3) is 0 Å². The summed E-state index contributed by atoms with van der Waals surface area (Å²) in [4.78, 5) is 25.1. The average molecular weight is 534 g/mol. The van der Waals surface area contributed by atoms with Crippen LogP contribution in [0.15, 0.2) is 30.3 Å². The number of aromatic nitrogens is 2. The monoisotopic (exact) mass is 533 g/mol. The third-order valence-corrected chi connectivity index (χ3v) is 8.98. The molecule has 37 heavy (non-hydrogen) atoms. The van der Waals surface area contributed by atoms with Gasteiger partial charge in [-0.05, 0) is 62.6 Å². The van der Waals surface area contributed by atoms with Gasteiger partial charge in [-0.3, -0.25) is 4.90 Å². The van der Waals surface area contributed by atoms with E-state index in [0.29, 0.717) is 23.9 Å². The molecule has 2 fully saturated rings. The fraction of sp³-hybridized carbons (Fsp3) is 0.500. The number of nitrogen functional groups attached to an aromatic ring is 1. The summed E-state index contributed by atoms with van der Waals surface area (Å²) in [6.07, 6.45) is 1.06. The van der Waals surface area contributed by atoms with Crippen LogP contribution in [-0.2, 0) is 17.6 Å². The number of benzene rings is 1. The number of hydrogen-bond acceptors (Lipinski definition) is 7. The normalized spacial score (nSPS) is 22.3. The van der Waals surface area contributed by atoms with Crippen LogP contribution in [0.4, 0.5) is 24.9 Å². The van der Waals surface area contributed by atoms with E-state index < -0.39 is 12.1 Å². The van der Waals surface area contributed by atoms with Crippen molar-refractivity contribution in [3.05, 3.63) is 46.3 Å². The van der Waals surface area contributed by atoms with Crippen molar-refractivity contribution in [3.8, 4) is 0 Å². The molecule has 11 heteroatoms. The Morgan fingerprint density at radius 3 is 2.57 bits per heavy atom. The fourth-order valence-corrected chi connectivity index (χ4v) is 7.25. The predicted octanol–water partition coefficient (Wildman–Crippen LogP) is 5.06. The van der Waals surface area contributed by atoms with Crippen molar-refractivity contribution >= 4 is 39.3 Å². The Kier molecular flexibility index (Phi) is 7.01. The van der Waals surface area contributed by atoms with Gasteiger partial charge in [0.1, 0.15) is 0 Å². The number of carboxylic acid groups (broad SMARTS) is 1. The van der Waals surface area contributed by atoms with E-state index in [1.807, 2.05) is 11.3 Å². The van der Waals surface area contributed by atoms with Crippen LogP contribution in [0.1, 0.15) is 48.2 Å². The van der Waals surface area contributed by atoms with Gasteiger partial charge >= 0.3 is 12.1 Å².